The molecule has 0 aliphatic carbocycles. The molecule has 0 bridgehead atoms. The van der Waals surface area contributed by atoms with Crippen LogP contribution in [-0.4, -0.2) is 0 Å². The van der Waals surface area contributed by atoms with Gasteiger partial charge in [-0.15, -0.1) is 0 Å². The molecule has 3 aromatic rings. The van der Waals surface area contributed by atoms with E-state index in [1.54, 1.807) is 0 Å². The van der Waals surface area contributed by atoms with E-state index in [4.69, 9.17) is 0 Å². The van der Waals surface area contributed by atoms with Crippen LogP contribution in [0.1, 0.15) is 27.1 Å². The van der Waals surface area contributed by atoms with Crippen molar-refractivity contribution in [3.8, 4) is 0 Å². The first-order valence-corrected chi connectivity index (χ1v) is 7.77. The van der Waals surface area contributed by atoms with E-state index in [1.165, 1.54) is 33.0 Å². The van der Waals surface area contributed by atoms with Crippen LogP contribution in [0.5, 0.6) is 0 Å². The maximum Gasteiger partial charge on any atom is 0.0653 e. The van der Waals surface area contributed by atoms with E-state index in [0.29, 0.717) is 0 Å². The summed E-state index contributed by atoms with van der Waals surface area (Å²) in [6.07, 6.45) is 0. The Balaban J connectivity index is 2.18. The standard InChI is InChI=1S/C19H17Br/c1-13-7-10-16(11-8-13)19(20)18-14(2)9-12-15-5-3-4-6-17(15)18/h3-12,19H,1-2H3. The summed E-state index contributed by atoms with van der Waals surface area (Å²) < 4.78 is 0. The molecule has 100 valence electrons. The van der Waals surface area contributed by atoms with Crippen LogP contribution in [0, 0.1) is 13.8 Å². The number of hydrogen-bond acceptors (Lipinski definition) is 0. The zero-order valence-corrected chi connectivity index (χ0v) is 13.3. The Morgan fingerprint density at radius 2 is 1.50 bits per heavy atom. The summed E-state index contributed by atoms with van der Waals surface area (Å²) in [6.45, 7) is 4.31. The number of aryl methyl sites for hydroxylation is 2. The lowest BCUT2D eigenvalue weighted by atomic mass is 9.94. The molecular weight excluding hydrogens is 308 g/mol. The van der Waals surface area contributed by atoms with Crippen molar-refractivity contribution in [2.75, 3.05) is 0 Å². The Hall–Kier alpha value is -1.60. The molecule has 0 N–H and O–H groups in total. The van der Waals surface area contributed by atoms with Crippen molar-refractivity contribution in [1.29, 1.82) is 0 Å². The zero-order valence-electron chi connectivity index (χ0n) is 11.7. The van der Waals surface area contributed by atoms with Crippen LogP contribution >= 0.6 is 15.9 Å². The Labute approximate surface area is 128 Å². The van der Waals surface area contributed by atoms with Crippen LogP contribution in [0.15, 0.2) is 60.7 Å². The van der Waals surface area contributed by atoms with Crippen LogP contribution in [0.4, 0.5) is 0 Å². The quantitative estimate of drug-likeness (QED) is 0.511. The van der Waals surface area contributed by atoms with Gasteiger partial charge in [0.15, 0.2) is 0 Å². The number of halogens is 1. The molecule has 0 nitrogen and oxygen atoms in total. The van der Waals surface area contributed by atoms with E-state index >= 15 is 0 Å². The summed E-state index contributed by atoms with van der Waals surface area (Å²) in [6, 6.07) is 21.7. The smallest absolute Gasteiger partial charge is 0.0653 e. The highest BCUT2D eigenvalue weighted by Crippen LogP contribution is 2.37. The summed E-state index contributed by atoms with van der Waals surface area (Å²) in [7, 11) is 0. The second-order valence-corrected chi connectivity index (χ2v) is 6.21. The summed E-state index contributed by atoms with van der Waals surface area (Å²) in [5, 5.41) is 2.62. The van der Waals surface area contributed by atoms with Gasteiger partial charge in [-0.3, -0.25) is 0 Å². The molecule has 0 radical (unpaired) electrons. The number of fused-ring (bicyclic) bond motifs is 1. The summed E-state index contributed by atoms with van der Waals surface area (Å²) >= 11 is 3.89. The molecule has 3 aromatic carbocycles. The van der Waals surface area contributed by atoms with Crippen LogP contribution in [0.25, 0.3) is 10.8 Å². The van der Waals surface area contributed by atoms with Gasteiger partial charge in [0.1, 0.15) is 0 Å². The van der Waals surface area contributed by atoms with Gasteiger partial charge in [-0.05, 0) is 41.3 Å². The SMILES string of the molecule is Cc1ccc(C(Br)c2c(C)ccc3ccccc23)cc1. The Morgan fingerprint density at radius 3 is 2.25 bits per heavy atom. The van der Waals surface area contributed by atoms with Gasteiger partial charge in [-0.1, -0.05) is 82.2 Å². The van der Waals surface area contributed by atoms with Gasteiger partial charge >= 0.3 is 0 Å². The van der Waals surface area contributed by atoms with Gasteiger partial charge in [-0.2, -0.15) is 0 Å². The molecule has 0 aliphatic rings. The first-order chi connectivity index (χ1) is 9.66. The molecule has 0 heterocycles. The van der Waals surface area contributed by atoms with E-state index in [2.05, 4.69) is 90.4 Å². The molecule has 1 unspecified atom stereocenters. The lowest BCUT2D eigenvalue weighted by molar-refractivity contribution is 1.16. The fourth-order valence-corrected chi connectivity index (χ4v) is 3.56. The molecule has 3 rings (SSSR count). The van der Waals surface area contributed by atoms with Crippen LogP contribution < -0.4 is 0 Å². The van der Waals surface area contributed by atoms with Crippen molar-refractivity contribution in [2.24, 2.45) is 0 Å². The first-order valence-electron chi connectivity index (χ1n) is 6.85. The Bertz CT molecular complexity index is 741. The number of alkyl halides is 1. The molecule has 0 amide bonds. The number of hydrogen-bond donors (Lipinski definition) is 0. The number of benzene rings is 3. The fourth-order valence-electron chi connectivity index (χ4n) is 2.64. The topological polar surface area (TPSA) is 0 Å². The third kappa shape index (κ3) is 2.38. The van der Waals surface area contributed by atoms with Gasteiger partial charge in [0.2, 0.25) is 0 Å². The minimum absolute atomic E-state index is 0.231. The van der Waals surface area contributed by atoms with Gasteiger partial charge < -0.3 is 0 Å². The van der Waals surface area contributed by atoms with E-state index in [-0.39, 0.29) is 4.83 Å². The van der Waals surface area contributed by atoms with E-state index < -0.39 is 0 Å². The van der Waals surface area contributed by atoms with Crippen LogP contribution in [0.2, 0.25) is 0 Å². The summed E-state index contributed by atoms with van der Waals surface area (Å²) in [5.41, 5.74) is 5.29. The second-order valence-electron chi connectivity index (χ2n) is 5.29. The summed E-state index contributed by atoms with van der Waals surface area (Å²) in [5.74, 6) is 0. The Kier molecular flexibility index (Phi) is 3.62. The second kappa shape index (κ2) is 5.41. The van der Waals surface area contributed by atoms with Crippen molar-refractivity contribution in [3.63, 3.8) is 0 Å². The molecule has 20 heavy (non-hydrogen) atoms. The third-order valence-electron chi connectivity index (χ3n) is 3.81. The minimum atomic E-state index is 0.231. The predicted octanol–water partition coefficient (Wildman–Crippen LogP) is 5.94. The molecule has 0 saturated heterocycles. The van der Waals surface area contributed by atoms with E-state index in [9.17, 15) is 0 Å². The molecule has 0 aromatic heterocycles. The van der Waals surface area contributed by atoms with Gasteiger partial charge in [0.25, 0.3) is 0 Å². The minimum Gasteiger partial charge on any atom is -0.0786 e. The van der Waals surface area contributed by atoms with E-state index in [0.717, 1.165) is 0 Å². The molecule has 0 saturated carbocycles. The lowest BCUT2D eigenvalue weighted by Crippen LogP contribution is -1.97. The first kappa shape index (κ1) is 13.4. The van der Waals surface area contributed by atoms with Crippen molar-refractivity contribution < 1.29 is 0 Å². The third-order valence-corrected chi connectivity index (χ3v) is 4.80. The highest BCUT2D eigenvalue weighted by Gasteiger charge is 2.15. The molecular formula is C19H17Br. The zero-order chi connectivity index (χ0) is 14.1. The normalized spacial score (nSPS) is 12.6. The number of rotatable bonds is 2. The van der Waals surface area contributed by atoms with Crippen molar-refractivity contribution >= 4 is 26.7 Å². The van der Waals surface area contributed by atoms with Crippen LogP contribution in [0.3, 0.4) is 0 Å². The summed E-state index contributed by atoms with van der Waals surface area (Å²) in [4.78, 5) is 0.231. The van der Waals surface area contributed by atoms with Crippen LogP contribution in [-0.2, 0) is 0 Å². The average Bonchev–Trinajstić information content (AvgIpc) is 2.47. The van der Waals surface area contributed by atoms with Gasteiger partial charge in [-0.25, -0.2) is 0 Å². The lowest BCUT2D eigenvalue weighted by Gasteiger charge is -2.17. The van der Waals surface area contributed by atoms with Crippen molar-refractivity contribution in [3.05, 3.63) is 82.9 Å². The molecule has 0 fully saturated rings. The van der Waals surface area contributed by atoms with Gasteiger partial charge in [0, 0.05) is 0 Å². The van der Waals surface area contributed by atoms with Gasteiger partial charge in [0.05, 0.1) is 4.83 Å². The highest BCUT2D eigenvalue weighted by molar-refractivity contribution is 9.09. The molecule has 1 heteroatoms. The maximum absolute atomic E-state index is 3.89. The van der Waals surface area contributed by atoms with E-state index in [1.807, 2.05) is 0 Å². The fraction of sp³-hybridized carbons (Fsp3) is 0.158. The highest BCUT2D eigenvalue weighted by atomic mass is 79.9. The van der Waals surface area contributed by atoms with Crippen molar-refractivity contribution in [2.45, 2.75) is 18.7 Å². The monoisotopic (exact) mass is 324 g/mol. The maximum atomic E-state index is 3.89. The molecule has 1 atom stereocenters. The predicted molar refractivity (Wildman–Crippen MR) is 90.6 cm³/mol. The molecule has 0 aliphatic heterocycles. The molecule has 0 spiro atoms. The average molecular weight is 325 g/mol. The largest absolute Gasteiger partial charge is 0.0786 e. The Morgan fingerprint density at radius 1 is 0.800 bits per heavy atom. The van der Waals surface area contributed by atoms with Crippen molar-refractivity contribution in [1.82, 2.24) is 0 Å².